The number of nitrogens with one attached hydrogen (secondary N) is 1. The smallest absolute Gasteiger partial charge is 0.234 e. The molecule has 0 spiro atoms. The van der Waals surface area contributed by atoms with Crippen molar-refractivity contribution < 1.29 is 9.53 Å². The number of nitrogens with zero attached hydrogens (tertiary/aromatic N) is 3. The van der Waals surface area contributed by atoms with Crippen LogP contribution in [0.15, 0.2) is 47.6 Å². The van der Waals surface area contributed by atoms with Crippen LogP contribution in [0.25, 0.3) is 11.4 Å². The SMILES string of the molecule is COc1ccccc1-c1nnc(SCC(=O)Nc2cccc(Cl)c2C)n1N. The summed E-state index contributed by atoms with van der Waals surface area (Å²) in [6.45, 7) is 1.85. The molecule has 27 heavy (non-hydrogen) atoms. The van der Waals surface area contributed by atoms with Crippen LogP contribution < -0.4 is 15.9 Å². The maximum atomic E-state index is 12.2. The molecule has 7 nitrogen and oxygen atoms in total. The molecular formula is C18H18ClN5O2S. The number of amides is 1. The summed E-state index contributed by atoms with van der Waals surface area (Å²) >= 11 is 7.26. The van der Waals surface area contributed by atoms with Gasteiger partial charge in [0.05, 0.1) is 18.4 Å². The summed E-state index contributed by atoms with van der Waals surface area (Å²) in [4.78, 5) is 12.2. The first kappa shape index (κ1) is 19.1. The zero-order valence-electron chi connectivity index (χ0n) is 14.8. The molecule has 0 saturated heterocycles. The van der Waals surface area contributed by atoms with Crippen molar-refractivity contribution in [3.8, 4) is 17.1 Å². The van der Waals surface area contributed by atoms with Gasteiger partial charge in [-0.05, 0) is 36.8 Å². The number of carbonyl (C=O) groups is 1. The van der Waals surface area contributed by atoms with Gasteiger partial charge in [0.25, 0.3) is 0 Å². The van der Waals surface area contributed by atoms with Crippen LogP contribution in [-0.4, -0.2) is 33.6 Å². The van der Waals surface area contributed by atoms with Crippen molar-refractivity contribution in [2.24, 2.45) is 0 Å². The number of hydrogen-bond acceptors (Lipinski definition) is 6. The Bertz CT molecular complexity index is 976. The van der Waals surface area contributed by atoms with Gasteiger partial charge in [0.2, 0.25) is 11.1 Å². The highest BCUT2D eigenvalue weighted by atomic mass is 35.5. The summed E-state index contributed by atoms with van der Waals surface area (Å²) < 4.78 is 6.68. The highest BCUT2D eigenvalue weighted by Crippen LogP contribution is 2.29. The topological polar surface area (TPSA) is 95.1 Å². The maximum absolute atomic E-state index is 12.2. The van der Waals surface area contributed by atoms with E-state index in [4.69, 9.17) is 22.2 Å². The third-order valence-electron chi connectivity index (χ3n) is 3.89. The number of methoxy groups -OCH3 is 1. The van der Waals surface area contributed by atoms with Crippen LogP contribution in [0.4, 0.5) is 5.69 Å². The predicted octanol–water partition coefficient (Wildman–Crippen LogP) is 3.36. The van der Waals surface area contributed by atoms with Crippen molar-refractivity contribution in [1.29, 1.82) is 0 Å². The number of anilines is 1. The molecular weight excluding hydrogens is 386 g/mol. The van der Waals surface area contributed by atoms with Crippen LogP contribution in [0, 0.1) is 6.92 Å². The molecule has 3 N–H and O–H groups in total. The number of aromatic nitrogens is 3. The number of nitrogens with two attached hydrogens (primary N) is 1. The van der Waals surface area contributed by atoms with E-state index in [1.807, 2.05) is 31.2 Å². The predicted molar refractivity (Wildman–Crippen MR) is 108 cm³/mol. The van der Waals surface area contributed by atoms with Gasteiger partial charge >= 0.3 is 0 Å². The Morgan fingerprint density at radius 2 is 2.04 bits per heavy atom. The lowest BCUT2D eigenvalue weighted by atomic mass is 10.2. The Balaban J connectivity index is 1.69. The molecule has 2 aromatic carbocycles. The van der Waals surface area contributed by atoms with Crippen LogP contribution in [0.2, 0.25) is 5.02 Å². The molecule has 0 saturated carbocycles. The van der Waals surface area contributed by atoms with Gasteiger partial charge in [-0.1, -0.05) is 41.6 Å². The van der Waals surface area contributed by atoms with Crippen LogP contribution >= 0.6 is 23.4 Å². The molecule has 0 aliphatic carbocycles. The van der Waals surface area contributed by atoms with Gasteiger partial charge < -0.3 is 15.9 Å². The molecule has 3 rings (SSSR count). The standard InChI is InChI=1S/C18H18ClN5O2S/c1-11-13(19)7-5-8-14(11)21-16(25)10-27-18-23-22-17(24(18)20)12-6-3-4-9-15(12)26-2/h3-9H,10,20H2,1-2H3,(H,21,25). The molecule has 0 atom stereocenters. The van der Waals surface area contributed by atoms with Crippen molar-refractivity contribution in [1.82, 2.24) is 14.9 Å². The lowest BCUT2D eigenvalue weighted by Crippen LogP contribution is -2.17. The van der Waals surface area contributed by atoms with E-state index in [1.165, 1.54) is 16.4 Å². The number of para-hydroxylation sites is 1. The average Bonchev–Trinajstić information content (AvgIpc) is 3.04. The Morgan fingerprint density at radius 1 is 1.26 bits per heavy atom. The first-order valence-corrected chi connectivity index (χ1v) is 9.39. The summed E-state index contributed by atoms with van der Waals surface area (Å²) in [5.41, 5.74) is 2.22. The van der Waals surface area contributed by atoms with Gasteiger partial charge in [-0.3, -0.25) is 4.79 Å². The second-order valence-corrected chi connectivity index (χ2v) is 6.98. The van der Waals surface area contributed by atoms with Gasteiger partial charge in [-0.25, -0.2) is 4.68 Å². The quantitative estimate of drug-likeness (QED) is 0.484. The van der Waals surface area contributed by atoms with Crippen LogP contribution in [0.1, 0.15) is 5.56 Å². The van der Waals surface area contributed by atoms with E-state index in [2.05, 4.69) is 15.5 Å². The molecule has 0 bridgehead atoms. The molecule has 9 heteroatoms. The average molecular weight is 404 g/mol. The van der Waals surface area contributed by atoms with Crippen molar-refractivity contribution in [3.63, 3.8) is 0 Å². The highest BCUT2D eigenvalue weighted by molar-refractivity contribution is 7.99. The Labute approximate surface area is 165 Å². The van der Waals surface area contributed by atoms with Crippen LogP contribution in [0.5, 0.6) is 5.75 Å². The fourth-order valence-electron chi connectivity index (χ4n) is 2.45. The molecule has 1 aromatic heterocycles. The van der Waals surface area contributed by atoms with Crippen LogP contribution in [0.3, 0.4) is 0 Å². The summed E-state index contributed by atoms with van der Waals surface area (Å²) in [5, 5.41) is 12.1. The molecule has 0 fully saturated rings. The van der Waals surface area contributed by atoms with Gasteiger partial charge in [0.15, 0.2) is 5.82 Å². The Morgan fingerprint density at radius 3 is 2.81 bits per heavy atom. The van der Waals surface area contributed by atoms with E-state index in [0.29, 0.717) is 27.4 Å². The minimum Gasteiger partial charge on any atom is -0.496 e. The monoisotopic (exact) mass is 403 g/mol. The second kappa shape index (κ2) is 8.32. The summed E-state index contributed by atoms with van der Waals surface area (Å²) in [7, 11) is 1.58. The first-order chi connectivity index (χ1) is 13.0. The molecule has 140 valence electrons. The lowest BCUT2D eigenvalue weighted by Gasteiger charge is -2.09. The second-order valence-electron chi connectivity index (χ2n) is 5.63. The third kappa shape index (κ3) is 4.17. The number of carbonyl (C=O) groups excluding carboxylic acids is 1. The van der Waals surface area contributed by atoms with Crippen molar-refractivity contribution >= 4 is 35.0 Å². The number of nitrogen functional groups attached to an aromatic ring is 1. The van der Waals surface area contributed by atoms with Crippen molar-refractivity contribution in [2.45, 2.75) is 12.1 Å². The fourth-order valence-corrected chi connectivity index (χ4v) is 3.28. The maximum Gasteiger partial charge on any atom is 0.234 e. The largest absolute Gasteiger partial charge is 0.496 e. The lowest BCUT2D eigenvalue weighted by molar-refractivity contribution is -0.113. The number of ether oxygens (including phenoxy) is 1. The van der Waals surface area contributed by atoms with Gasteiger partial charge in [-0.15, -0.1) is 10.2 Å². The van der Waals surface area contributed by atoms with E-state index in [1.54, 1.807) is 25.3 Å². The summed E-state index contributed by atoms with van der Waals surface area (Å²) in [6.07, 6.45) is 0. The van der Waals surface area contributed by atoms with E-state index in [9.17, 15) is 4.79 Å². The van der Waals surface area contributed by atoms with E-state index >= 15 is 0 Å². The minimum atomic E-state index is -0.188. The number of rotatable bonds is 6. The number of thioether (sulfide) groups is 1. The number of hydrogen-bond donors (Lipinski definition) is 2. The highest BCUT2D eigenvalue weighted by Gasteiger charge is 2.17. The number of benzene rings is 2. The third-order valence-corrected chi connectivity index (χ3v) is 5.24. The minimum absolute atomic E-state index is 0.132. The molecule has 1 amide bonds. The normalized spacial score (nSPS) is 10.6. The van der Waals surface area contributed by atoms with E-state index in [0.717, 1.165) is 11.1 Å². The molecule has 3 aromatic rings. The van der Waals surface area contributed by atoms with Gasteiger partial charge in [0, 0.05) is 10.7 Å². The van der Waals surface area contributed by atoms with Crippen molar-refractivity contribution in [3.05, 3.63) is 53.1 Å². The first-order valence-electron chi connectivity index (χ1n) is 8.03. The Hall–Kier alpha value is -2.71. The van der Waals surface area contributed by atoms with Gasteiger partial charge in [-0.2, -0.15) is 0 Å². The zero-order chi connectivity index (χ0) is 19.4. The van der Waals surface area contributed by atoms with Crippen molar-refractivity contribution in [2.75, 3.05) is 24.0 Å². The molecule has 0 unspecified atom stereocenters. The molecule has 1 heterocycles. The Kier molecular flexibility index (Phi) is 5.88. The summed E-state index contributed by atoms with van der Waals surface area (Å²) in [6, 6.07) is 12.7. The molecule has 0 aliphatic rings. The molecule has 0 radical (unpaired) electrons. The zero-order valence-corrected chi connectivity index (χ0v) is 16.3. The molecule has 0 aliphatic heterocycles. The van der Waals surface area contributed by atoms with Gasteiger partial charge in [0.1, 0.15) is 5.75 Å². The van der Waals surface area contributed by atoms with E-state index in [-0.39, 0.29) is 11.7 Å². The number of halogens is 1. The summed E-state index contributed by atoms with van der Waals surface area (Å²) in [5.74, 6) is 7.15. The van der Waals surface area contributed by atoms with Crippen LogP contribution in [-0.2, 0) is 4.79 Å². The van der Waals surface area contributed by atoms with E-state index < -0.39 is 0 Å². The fraction of sp³-hybridized carbons (Fsp3) is 0.167.